The van der Waals surface area contributed by atoms with Gasteiger partial charge >= 0.3 is 0 Å². The summed E-state index contributed by atoms with van der Waals surface area (Å²) in [6.07, 6.45) is 2.73. The lowest BCUT2D eigenvalue weighted by atomic mass is 10.2. The van der Waals surface area contributed by atoms with Crippen LogP contribution in [0.15, 0.2) is 35.6 Å². The van der Waals surface area contributed by atoms with Gasteiger partial charge < -0.3 is 24.8 Å². The van der Waals surface area contributed by atoms with E-state index in [9.17, 15) is 0 Å². The first-order valence-electron chi connectivity index (χ1n) is 8.39. The summed E-state index contributed by atoms with van der Waals surface area (Å²) in [5, 5.41) is 14.7. The highest BCUT2D eigenvalue weighted by Crippen LogP contribution is 2.30. The Labute approximate surface area is 147 Å². The van der Waals surface area contributed by atoms with E-state index in [1.165, 1.54) is 0 Å². The number of nitrogens with zero attached hydrogens (tertiary/aromatic N) is 5. The van der Waals surface area contributed by atoms with Crippen LogP contribution < -0.4 is 20.3 Å². The van der Waals surface area contributed by atoms with Gasteiger partial charge in [-0.05, 0) is 18.6 Å². The zero-order valence-electron chi connectivity index (χ0n) is 14.9. The van der Waals surface area contributed by atoms with E-state index in [-0.39, 0.29) is 0 Å². The second-order valence-corrected chi connectivity index (χ2v) is 6.03. The SMILES string of the molecule is CN=C(NCc1nncn1C)NC1CCN(c2ccccc2OC)C1. The Bertz CT molecular complexity index is 727. The fourth-order valence-electron chi connectivity index (χ4n) is 3.01. The maximum absolute atomic E-state index is 5.47. The Morgan fingerprint density at radius 1 is 1.40 bits per heavy atom. The quantitative estimate of drug-likeness (QED) is 0.617. The number of benzene rings is 1. The second-order valence-electron chi connectivity index (χ2n) is 6.03. The molecule has 3 rings (SSSR count). The van der Waals surface area contributed by atoms with E-state index >= 15 is 0 Å². The summed E-state index contributed by atoms with van der Waals surface area (Å²) < 4.78 is 7.36. The molecule has 0 aliphatic carbocycles. The van der Waals surface area contributed by atoms with Gasteiger partial charge in [-0.15, -0.1) is 10.2 Å². The van der Waals surface area contributed by atoms with Crippen LogP contribution in [0.4, 0.5) is 5.69 Å². The smallest absolute Gasteiger partial charge is 0.191 e. The third-order valence-corrected chi connectivity index (χ3v) is 4.40. The van der Waals surface area contributed by atoms with Gasteiger partial charge in [-0.3, -0.25) is 4.99 Å². The van der Waals surface area contributed by atoms with Gasteiger partial charge in [0.1, 0.15) is 12.1 Å². The van der Waals surface area contributed by atoms with Crippen LogP contribution in [0.1, 0.15) is 12.2 Å². The van der Waals surface area contributed by atoms with E-state index < -0.39 is 0 Å². The maximum Gasteiger partial charge on any atom is 0.191 e. The van der Waals surface area contributed by atoms with Gasteiger partial charge in [0.2, 0.25) is 0 Å². The molecule has 1 aromatic heterocycles. The molecule has 1 fully saturated rings. The van der Waals surface area contributed by atoms with Crippen molar-refractivity contribution in [3.05, 3.63) is 36.4 Å². The Morgan fingerprint density at radius 3 is 2.96 bits per heavy atom. The number of nitrogens with one attached hydrogen (secondary N) is 2. The van der Waals surface area contributed by atoms with Gasteiger partial charge in [0.25, 0.3) is 0 Å². The lowest BCUT2D eigenvalue weighted by molar-refractivity contribution is 0.415. The number of para-hydroxylation sites is 2. The molecule has 1 aliphatic heterocycles. The summed E-state index contributed by atoms with van der Waals surface area (Å²) in [5.74, 6) is 2.55. The second kappa shape index (κ2) is 7.87. The molecule has 0 saturated carbocycles. The highest BCUT2D eigenvalue weighted by molar-refractivity contribution is 5.80. The first-order chi connectivity index (χ1) is 12.2. The third kappa shape index (κ3) is 4.01. The van der Waals surface area contributed by atoms with Gasteiger partial charge in [-0.1, -0.05) is 12.1 Å². The molecule has 0 radical (unpaired) electrons. The van der Waals surface area contributed by atoms with Crippen molar-refractivity contribution in [2.75, 3.05) is 32.1 Å². The molecule has 0 amide bonds. The molecule has 25 heavy (non-hydrogen) atoms. The van der Waals surface area contributed by atoms with Gasteiger partial charge in [-0.2, -0.15) is 0 Å². The Hall–Kier alpha value is -2.77. The zero-order chi connectivity index (χ0) is 17.6. The van der Waals surface area contributed by atoms with Crippen molar-refractivity contribution < 1.29 is 4.74 Å². The van der Waals surface area contributed by atoms with Crippen molar-refractivity contribution in [2.45, 2.75) is 19.0 Å². The number of rotatable bonds is 5. The van der Waals surface area contributed by atoms with E-state index in [4.69, 9.17) is 4.74 Å². The predicted octanol–water partition coefficient (Wildman–Crippen LogP) is 0.768. The molecule has 0 spiro atoms. The number of guanidine groups is 1. The average Bonchev–Trinajstić information content (AvgIpc) is 3.27. The minimum Gasteiger partial charge on any atom is -0.495 e. The summed E-state index contributed by atoms with van der Waals surface area (Å²) in [4.78, 5) is 6.65. The largest absolute Gasteiger partial charge is 0.495 e. The summed E-state index contributed by atoms with van der Waals surface area (Å²) in [7, 11) is 5.41. The van der Waals surface area contributed by atoms with E-state index in [1.54, 1.807) is 20.5 Å². The van der Waals surface area contributed by atoms with Crippen LogP contribution in [0.25, 0.3) is 0 Å². The van der Waals surface area contributed by atoms with Crippen molar-refractivity contribution in [1.82, 2.24) is 25.4 Å². The highest BCUT2D eigenvalue weighted by Gasteiger charge is 2.25. The molecule has 1 saturated heterocycles. The number of hydrogen-bond donors (Lipinski definition) is 2. The molecular formula is C17H25N7O. The predicted molar refractivity (Wildman–Crippen MR) is 97.9 cm³/mol. The molecule has 0 bridgehead atoms. The summed E-state index contributed by atoms with van der Waals surface area (Å²) in [6.45, 7) is 2.47. The topological polar surface area (TPSA) is 79.6 Å². The van der Waals surface area contributed by atoms with Gasteiger partial charge in [0.15, 0.2) is 11.8 Å². The molecule has 2 aromatic rings. The monoisotopic (exact) mass is 343 g/mol. The van der Waals surface area contributed by atoms with Crippen molar-refractivity contribution >= 4 is 11.6 Å². The van der Waals surface area contributed by atoms with Crippen molar-refractivity contribution in [1.29, 1.82) is 0 Å². The van der Waals surface area contributed by atoms with Crippen LogP contribution in [0.2, 0.25) is 0 Å². The Balaban J connectivity index is 1.55. The molecule has 1 aliphatic rings. The molecular weight excluding hydrogens is 318 g/mol. The van der Waals surface area contributed by atoms with Crippen LogP contribution in [-0.2, 0) is 13.6 Å². The number of anilines is 1. The van der Waals surface area contributed by atoms with E-state index in [0.717, 1.165) is 42.7 Å². The number of hydrogen-bond acceptors (Lipinski definition) is 5. The summed E-state index contributed by atoms with van der Waals surface area (Å²) in [6, 6.07) is 8.46. The van der Waals surface area contributed by atoms with Crippen molar-refractivity contribution in [3.8, 4) is 5.75 Å². The average molecular weight is 343 g/mol. The van der Waals surface area contributed by atoms with Gasteiger partial charge in [0, 0.05) is 33.2 Å². The number of aliphatic imine (C=N–C) groups is 1. The normalized spacial score (nSPS) is 17.6. The van der Waals surface area contributed by atoms with E-state index in [0.29, 0.717) is 12.6 Å². The van der Waals surface area contributed by atoms with Crippen LogP contribution in [-0.4, -0.2) is 54.0 Å². The standard InChI is InChI=1S/C17H25N7O/c1-18-17(19-10-16-22-20-12-23(16)2)21-13-8-9-24(11-13)14-6-4-5-7-15(14)25-3/h4-7,12-13H,8-11H2,1-3H3,(H2,18,19,21). The lowest BCUT2D eigenvalue weighted by Crippen LogP contribution is -2.44. The molecule has 2 N–H and O–H groups in total. The fraction of sp³-hybridized carbons (Fsp3) is 0.471. The molecule has 1 atom stereocenters. The minimum absolute atomic E-state index is 0.329. The number of aromatic nitrogens is 3. The highest BCUT2D eigenvalue weighted by atomic mass is 16.5. The van der Waals surface area contributed by atoms with Crippen LogP contribution >= 0.6 is 0 Å². The van der Waals surface area contributed by atoms with E-state index in [1.807, 2.05) is 29.8 Å². The fourth-order valence-corrected chi connectivity index (χ4v) is 3.01. The zero-order valence-corrected chi connectivity index (χ0v) is 14.9. The number of methoxy groups -OCH3 is 1. The molecule has 1 unspecified atom stereocenters. The minimum atomic E-state index is 0.329. The van der Waals surface area contributed by atoms with Crippen molar-refractivity contribution in [2.24, 2.45) is 12.0 Å². The summed E-state index contributed by atoms with van der Waals surface area (Å²) >= 11 is 0. The number of ether oxygens (including phenoxy) is 1. The van der Waals surface area contributed by atoms with Crippen LogP contribution in [0.5, 0.6) is 5.75 Å². The van der Waals surface area contributed by atoms with Crippen LogP contribution in [0, 0.1) is 0 Å². The van der Waals surface area contributed by atoms with Crippen molar-refractivity contribution in [3.63, 3.8) is 0 Å². The molecule has 134 valence electrons. The first kappa shape index (κ1) is 17.1. The van der Waals surface area contributed by atoms with Crippen LogP contribution in [0.3, 0.4) is 0 Å². The Morgan fingerprint density at radius 2 is 2.24 bits per heavy atom. The molecule has 8 nitrogen and oxygen atoms in total. The molecule has 1 aromatic carbocycles. The summed E-state index contributed by atoms with van der Waals surface area (Å²) in [5.41, 5.74) is 1.14. The maximum atomic E-state index is 5.47. The van der Waals surface area contributed by atoms with E-state index in [2.05, 4.69) is 36.8 Å². The van der Waals surface area contributed by atoms with Gasteiger partial charge in [0.05, 0.1) is 19.3 Å². The molecule has 8 heteroatoms. The van der Waals surface area contributed by atoms with Gasteiger partial charge in [-0.25, -0.2) is 0 Å². The number of aryl methyl sites for hydroxylation is 1. The first-order valence-corrected chi connectivity index (χ1v) is 8.39. The Kier molecular flexibility index (Phi) is 5.37. The molecule has 2 heterocycles. The third-order valence-electron chi connectivity index (χ3n) is 4.40. The lowest BCUT2D eigenvalue weighted by Gasteiger charge is -2.22.